The van der Waals surface area contributed by atoms with Crippen molar-refractivity contribution >= 4 is 5.65 Å². The third-order valence-electron chi connectivity index (χ3n) is 2.33. The van der Waals surface area contributed by atoms with Crippen molar-refractivity contribution in [1.29, 1.82) is 0 Å². The average Bonchev–Trinajstić information content (AvgIpc) is 2.87. The lowest BCUT2D eigenvalue weighted by Gasteiger charge is -2.05. The Balaban J connectivity index is 2.51. The Labute approximate surface area is 97.9 Å². The molecule has 0 aliphatic heterocycles. The summed E-state index contributed by atoms with van der Waals surface area (Å²) in [5, 5.41) is 13.7. The van der Waals surface area contributed by atoms with Crippen LogP contribution in [-0.4, -0.2) is 24.9 Å². The van der Waals surface area contributed by atoms with Crippen LogP contribution in [0.2, 0.25) is 0 Å². The molecule has 0 fully saturated rings. The second-order valence-electron chi connectivity index (χ2n) is 3.41. The highest BCUT2D eigenvalue weighted by Gasteiger charge is 2.06. The molecule has 0 saturated heterocycles. The lowest BCUT2D eigenvalue weighted by atomic mass is 10.2. The zero-order valence-corrected chi connectivity index (χ0v) is 8.75. The maximum absolute atomic E-state index is 12.4. The molecule has 3 aromatic rings. The number of pyridine rings is 1. The van der Waals surface area contributed by atoms with Crippen LogP contribution in [0.5, 0.6) is 0 Å². The van der Waals surface area contributed by atoms with Crippen LogP contribution in [0.1, 0.15) is 8.30 Å². The summed E-state index contributed by atoms with van der Waals surface area (Å²) in [5.41, 5.74) is 0.298. The van der Waals surface area contributed by atoms with Crippen molar-refractivity contribution in [3.05, 3.63) is 40.4 Å². The summed E-state index contributed by atoms with van der Waals surface area (Å²) in [4.78, 5) is 16.4. The van der Waals surface area contributed by atoms with E-state index in [1.807, 2.05) is 0 Å². The van der Waals surface area contributed by atoms with E-state index in [4.69, 9.17) is 2.74 Å². The molecule has 84 valence electrons. The first-order chi connectivity index (χ1) is 9.09. The number of aryl methyl sites for hydroxylation is 1. The van der Waals surface area contributed by atoms with Crippen LogP contribution in [-0.2, 0) is 0 Å². The number of nitrogens with zero attached hydrogens (tertiary/aromatic N) is 6. The molecule has 7 nitrogen and oxygen atoms in total. The Kier molecular flexibility index (Phi) is 1.57. The normalized spacial score (nSPS) is 12.5. The maximum atomic E-state index is 12.4. The van der Waals surface area contributed by atoms with Gasteiger partial charge in [-0.15, -0.1) is 0 Å². The van der Waals surface area contributed by atoms with E-state index in [-0.39, 0.29) is 29.4 Å². The van der Waals surface area contributed by atoms with Crippen LogP contribution in [0.15, 0.2) is 29.3 Å². The minimum absolute atomic E-state index is 0.0215. The van der Waals surface area contributed by atoms with Gasteiger partial charge in [-0.2, -0.15) is 5.21 Å². The molecule has 0 atom stereocenters. The summed E-state index contributed by atoms with van der Waals surface area (Å²) < 4.78 is 16.7. The van der Waals surface area contributed by atoms with Crippen LogP contribution in [0.25, 0.3) is 17.0 Å². The summed E-state index contributed by atoms with van der Waals surface area (Å²) in [6.07, 6.45) is -0.277. The molecule has 0 aromatic carbocycles. The van der Waals surface area contributed by atoms with Gasteiger partial charge in [0.1, 0.15) is 5.65 Å². The molecule has 0 saturated carbocycles. The summed E-state index contributed by atoms with van der Waals surface area (Å²) >= 11 is 0. The van der Waals surface area contributed by atoms with Crippen LogP contribution < -0.4 is 10.7 Å². The van der Waals surface area contributed by atoms with Crippen molar-refractivity contribution in [2.45, 2.75) is 6.92 Å². The number of rotatable bonds is 1. The molecule has 7 heteroatoms. The Hall–Kier alpha value is -2.57. The van der Waals surface area contributed by atoms with Crippen molar-refractivity contribution in [3.63, 3.8) is 0 Å². The van der Waals surface area contributed by atoms with Gasteiger partial charge in [-0.05, 0) is 18.6 Å². The van der Waals surface area contributed by atoms with Gasteiger partial charge in [-0.25, -0.2) is 4.98 Å². The van der Waals surface area contributed by atoms with Crippen molar-refractivity contribution in [1.82, 2.24) is 30.0 Å². The van der Waals surface area contributed by atoms with E-state index in [9.17, 15) is 4.79 Å². The van der Waals surface area contributed by atoms with Gasteiger partial charge in [0.25, 0.3) is 5.56 Å². The number of hydrogen-bond donors (Lipinski definition) is 0. The largest absolute Gasteiger partial charge is 0.330 e. The molecule has 0 amide bonds. The lowest BCUT2D eigenvalue weighted by molar-refractivity contribution is 0.871. The van der Waals surface area contributed by atoms with Crippen molar-refractivity contribution < 1.29 is 2.74 Å². The van der Waals surface area contributed by atoms with Gasteiger partial charge in [0.15, 0.2) is 0 Å². The third-order valence-corrected chi connectivity index (χ3v) is 2.33. The number of fused-ring (bicyclic) bond motifs is 1. The minimum Gasteiger partial charge on any atom is -0.330 e. The van der Waals surface area contributed by atoms with Gasteiger partial charge >= 0.3 is 0 Å². The number of tetrazole rings is 1. The predicted octanol–water partition coefficient (Wildman–Crippen LogP) is -0.188. The molecule has 0 N–H and O–H groups in total. The molecule has 3 heterocycles. The highest BCUT2D eigenvalue weighted by Crippen LogP contribution is 2.09. The Morgan fingerprint density at radius 1 is 1.53 bits per heavy atom. The van der Waals surface area contributed by atoms with Crippen molar-refractivity contribution in [2.24, 2.45) is 0 Å². The second-order valence-corrected chi connectivity index (χ2v) is 3.41. The molecule has 17 heavy (non-hydrogen) atoms. The monoisotopic (exact) mass is 229 g/mol. The van der Waals surface area contributed by atoms with Gasteiger partial charge in [-0.1, -0.05) is 6.07 Å². The molecular weight excluding hydrogens is 220 g/mol. The topological polar surface area (TPSA) is 87.1 Å². The summed E-state index contributed by atoms with van der Waals surface area (Å²) in [6, 6.07) is 3.16. The van der Waals surface area contributed by atoms with Crippen LogP contribution in [0, 0.1) is 6.92 Å². The Morgan fingerprint density at radius 3 is 3.18 bits per heavy atom. The van der Waals surface area contributed by atoms with E-state index in [2.05, 4.69) is 25.6 Å². The zero-order valence-electron chi connectivity index (χ0n) is 10.7. The molecule has 0 unspecified atom stereocenters. The molecule has 0 radical (unpaired) electrons. The van der Waals surface area contributed by atoms with Crippen molar-refractivity contribution in [2.75, 3.05) is 0 Å². The molecular formula is C10H7N6O-. The highest BCUT2D eigenvalue weighted by atomic mass is 16.1. The maximum Gasteiger partial charge on any atom is 0.266 e. The first kappa shape index (κ1) is 7.66. The van der Waals surface area contributed by atoms with Gasteiger partial charge in [0.05, 0.1) is 8.30 Å². The minimum atomic E-state index is -0.571. The van der Waals surface area contributed by atoms with E-state index in [0.717, 1.165) is 4.40 Å². The van der Waals surface area contributed by atoms with E-state index in [0.29, 0.717) is 5.56 Å². The molecule has 0 aliphatic carbocycles. The predicted molar refractivity (Wildman–Crippen MR) is 58.3 cm³/mol. The van der Waals surface area contributed by atoms with E-state index in [1.165, 1.54) is 6.07 Å². The van der Waals surface area contributed by atoms with Gasteiger partial charge in [0.2, 0.25) is 0 Å². The standard InChI is InChI=1S/C10H7N6O/c1-6-3-2-4-16-9(6)11-5-7(10(16)17)8-12-14-15-13-8/h2-5H,1H3/q-1/i4D,5D. The fourth-order valence-corrected chi connectivity index (χ4v) is 1.50. The van der Waals surface area contributed by atoms with E-state index in [1.54, 1.807) is 13.0 Å². The lowest BCUT2D eigenvalue weighted by Crippen LogP contribution is -2.17. The van der Waals surface area contributed by atoms with Crippen LogP contribution >= 0.6 is 0 Å². The quantitative estimate of drug-likeness (QED) is 0.575. The first-order valence-electron chi connectivity index (χ1n) is 5.78. The smallest absolute Gasteiger partial charge is 0.266 e. The van der Waals surface area contributed by atoms with Gasteiger partial charge in [0, 0.05) is 18.2 Å². The first-order valence-corrected chi connectivity index (χ1v) is 4.78. The fraction of sp³-hybridized carbons (Fsp3) is 0.100. The molecule has 0 bridgehead atoms. The van der Waals surface area contributed by atoms with Crippen molar-refractivity contribution in [3.8, 4) is 11.4 Å². The zero-order chi connectivity index (χ0) is 13.6. The van der Waals surface area contributed by atoms with Gasteiger partial charge < -0.3 is 5.10 Å². The Bertz CT molecular complexity index is 826. The summed E-state index contributed by atoms with van der Waals surface area (Å²) in [6.45, 7) is 1.75. The van der Waals surface area contributed by atoms with E-state index >= 15 is 0 Å². The molecule has 0 spiro atoms. The summed E-state index contributed by atoms with van der Waals surface area (Å²) in [5.74, 6) is -0.0576. The third kappa shape index (κ3) is 1.40. The highest BCUT2D eigenvalue weighted by molar-refractivity contribution is 5.55. The van der Waals surface area contributed by atoms with E-state index < -0.39 is 5.56 Å². The van der Waals surface area contributed by atoms with Crippen LogP contribution in [0.3, 0.4) is 0 Å². The van der Waals surface area contributed by atoms with Gasteiger partial charge in [-0.3, -0.25) is 19.5 Å². The molecule has 3 aromatic heterocycles. The fourth-order valence-electron chi connectivity index (χ4n) is 1.50. The SMILES string of the molecule is [2H]c1nc2c(C)ccc([2H])n2c(=O)c1-c1nnn[n-]1. The summed E-state index contributed by atoms with van der Waals surface area (Å²) in [7, 11) is 0. The average molecular weight is 229 g/mol. The number of hydrogen-bond acceptors (Lipinski definition) is 5. The number of aromatic nitrogens is 6. The second kappa shape index (κ2) is 3.48. The molecule has 3 rings (SSSR count). The van der Waals surface area contributed by atoms with Crippen LogP contribution in [0.4, 0.5) is 0 Å². The Morgan fingerprint density at radius 2 is 2.41 bits per heavy atom. The molecule has 0 aliphatic rings.